The second-order valence-corrected chi connectivity index (χ2v) is 7.09. The van der Waals surface area contributed by atoms with E-state index in [0.717, 1.165) is 28.7 Å². The maximum Gasteiger partial charge on any atom is 0.281 e. The Labute approximate surface area is 159 Å². The molecule has 0 unspecified atom stereocenters. The highest BCUT2D eigenvalue weighted by molar-refractivity contribution is 8.03. The SMILES string of the molecule is Cc1cc(/C=C(\Sc2nnc(-c3ccc(Cl)cc3)o2)C(=O)[O-])c(C)n1C. The molecule has 0 aliphatic heterocycles. The van der Waals surface area contributed by atoms with E-state index in [4.69, 9.17) is 16.0 Å². The van der Waals surface area contributed by atoms with Crippen LogP contribution in [0.15, 0.2) is 44.9 Å². The number of carboxylic acids is 1. The largest absolute Gasteiger partial charge is 0.544 e. The minimum Gasteiger partial charge on any atom is -0.544 e. The summed E-state index contributed by atoms with van der Waals surface area (Å²) in [6, 6.07) is 8.82. The molecule has 134 valence electrons. The van der Waals surface area contributed by atoms with Crippen LogP contribution in [0.4, 0.5) is 0 Å². The Morgan fingerprint density at radius 3 is 2.54 bits per heavy atom. The molecule has 3 rings (SSSR count). The number of nitrogens with zero attached hydrogens (tertiary/aromatic N) is 3. The third-order valence-electron chi connectivity index (χ3n) is 4.00. The van der Waals surface area contributed by atoms with Gasteiger partial charge in [0.15, 0.2) is 0 Å². The quantitative estimate of drug-likeness (QED) is 0.493. The van der Waals surface area contributed by atoms with Gasteiger partial charge in [-0.15, -0.1) is 10.2 Å². The molecule has 26 heavy (non-hydrogen) atoms. The normalized spacial score (nSPS) is 11.8. The molecule has 0 amide bonds. The first kappa shape index (κ1) is 18.3. The van der Waals surface area contributed by atoms with Gasteiger partial charge < -0.3 is 18.9 Å². The van der Waals surface area contributed by atoms with Gasteiger partial charge in [-0.2, -0.15) is 0 Å². The van der Waals surface area contributed by atoms with E-state index in [1.54, 1.807) is 30.3 Å². The number of aromatic nitrogens is 3. The number of hydrogen-bond donors (Lipinski definition) is 0. The standard InChI is InChI=1S/C18H16ClN3O3S/c1-10-8-13(11(2)22(10)3)9-15(17(23)24)26-18-21-20-16(25-18)12-4-6-14(19)7-5-12/h4-9H,1-3H3,(H,23,24)/p-1/b15-9-. The van der Waals surface area contributed by atoms with Crippen LogP contribution in [0.25, 0.3) is 17.5 Å². The summed E-state index contributed by atoms with van der Waals surface area (Å²) >= 11 is 6.72. The van der Waals surface area contributed by atoms with Crippen molar-refractivity contribution in [1.82, 2.24) is 14.8 Å². The van der Waals surface area contributed by atoms with Gasteiger partial charge >= 0.3 is 0 Å². The first-order valence-corrected chi connectivity index (χ1v) is 8.88. The molecule has 8 heteroatoms. The minimum atomic E-state index is -1.30. The average molecular weight is 389 g/mol. The molecular formula is C18H15ClN3O3S-. The van der Waals surface area contributed by atoms with Crippen molar-refractivity contribution in [2.75, 3.05) is 0 Å². The van der Waals surface area contributed by atoms with E-state index in [9.17, 15) is 9.90 Å². The third-order valence-corrected chi connectivity index (χ3v) is 5.09. The van der Waals surface area contributed by atoms with Crippen LogP contribution in [0.5, 0.6) is 0 Å². The molecule has 0 bridgehead atoms. The van der Waals surface area contributed by atoms with Crippen molar-refractivity contribution in [3.63, 3.8) is 0 Å². The Hall–Kier alpha value is -2.51. The van der Waals surface area contributed by atoms with Gasteiger partial charge in [0.25, 0.3) is 5.22 Å². The van der Waals surface area contributed by atoms with Crippen LogP contribution in [0.3, 0.4) is 0 Å². The first-order chi connectivity index (χ1) is 12.3. The molecule has 2 heterocycles. The first-order valence-electron chi connectivity index (χ1n) is 7.68. The topological polar surface area (TPSA) is 84.0 Å². The lowest BCUT2D eigenvalue weighted by atomic mass is 10.2. The molecule has 0 atom stereocenters. The Kier molecular flexibility index (Phi) is 5.20. The van der Waals surface area contributed by atoms with Crippen molar-refractivity contribution in [3.05, 3.63) is 57.2 Å². The number of carbonyl (C=O) groups excluding carboxylic acids is 1. The van der Waals surface area contributed by atoms with Crippen molar-refractivity contribution in [1.29, 1.82) is 0 Å². The van der Waals surface area contributed by atoms with Gasteiger partial charge in [-0.25, -0.2) is 0 Å². The van der Waals surface area contributed by atoms with Crippen LogP contribution in [0.2, 0.25) is 5.02 Å². The molecule has 1 aromatic carbocycles. The second kappa shape index (κ2) is 7.39. The molecule has 0 saturated carbocycles. The van der Waals surface area contributed by atoms with E-state index in [0.29, 0.717) is 10.6 Å². The van der Waals surface area contributed by atoms with Gasteiger partial charge in [0.2, 0.25) is 5.89 Å². The van der Waals surface area contributed by atoms with Crippen molar-refractivity contribution >= 4 is 35.4 Å². The molecular weight excluding hydrogens is 374 g/mol. The second-order valence-electron chi connectivity index (χ2n) is 5.66. The lowest BCUT2D eigenvalue weighted by Gasteiger charge is -2.05. The zero-order chi connectivity index (χ0) is 18.8. The highest BCUT2D eigenvalue weighted by Gasteiger charge is 2.13. The van der Waals surface area contributed by atoms with Gasteiger partial charge in [-0.05, 0) is 67.6 Å². The predicted molar refractivity (Wildman–Crippen MR) is 98.5 cm³/mol. The van der Waals surface area contributed by atoms with Crippen molar-refractivity contribution < 1.29 is 14.3 Å². The highest BCUT2D eigenvalue weighted by atomic mass is 35.5. The maximum atomic E-state index is 11.5. The molecule has 6 nitrogen and oxygen atoms in total. The number of carboxylic acid groups (broad SMARTS) is 1. The monoisotopic (exact) mass is 388 g/mol. The number of hydrogen-bond acceptors (Lipinski definition) is 6. The van der Waals surface area contributed by atoms with Crippen LogP contribution < -0.4 is 5.11 Å². The van der Waals surface area contributed by atoms with Crippen LogP contribution in [-0.4, -0.2) is 20.7 Å². The van der Waals surface area contributed by atoms with E-state index in [-0.39, 0.29) is 16.0 Å². The highest BCUT2D eigenvalue weighted by Crippen LogP contribution is 2.30. The summed E-state index contributed by atoms with van der Waals surface area (Å²) in [4.78, 5) is 11.5. The molecule has 0 fully saturated rings. The number of halogens is 1. The maximum absolute atomic E-state index is 11.5. The lowest BCUT2D eigenvalue weighted by Crippen LogP contribution is -2.23. The minimum absolute atomic E-state index is 0.00925. The molecule has 0 radical (unpaired) electrons. The van der Waals surface area contributed by atoms with Crippen LogP contribution in [0.1, 0.15) is 17.0 Å². The molecule has 2 aromatic heterocycles. The number of benzene rings is 1. The zero-order valence-electron chi connectivity index (χ0n) is 14.3. The van der Waals surface area contributed by atoms with Crippen molar-refractivity contribution in [3.8, 4) is 11.5 Å². The third kappa shape index (κ3) is 3.84. The van der Waals surface area contributed by atoms with E-state index in [2.05, 4.69) is 10.2 Å². The molecule has 0 spiro atoms. The van der Waals surface area contributed by atoms with Gasteiger partial charge in [-0.1, -0.05) is 11.6 Å². The average Bonchev–Trinajstić information content (AvgIpc) is 3.16. The number of aryl methyl sites for hydroxylation is 1. The van der Waals surface area contributed by atoms with E-state index < -0.39 is 5.97 Å². The smallest absolute Gasteiger partial charge is 0.281 e. The molecule has 0 saturated heterocycles. The summed E-state index contributed by atoms with van der Waals surface area (Å²) in [5, 5.41) is 20.1. The van der Waals surface area contributed by atoms with E-state index in [1.807, 2.05) is 31.5 Å². The Morgan fingerprint density at radius 1 is 1.27 bits per heavy atom. The summed E-state index contributed by atoms with van der Waals surface area (Å²) in [6.07, 6.45) is 1.55. The lowest BCUT2D eigenvalue weighted by molar-refractivity contribution is -0.298. The molecule has 0 aliphatic rings. The van der Waals surface area contributed by atoms with Crippen molar-refractivity contribution in [2.24, 2.45) is 7.05 Å². The molecule has 3 aromatic rings. The molecule has 0 N–H and O–H groups in total. The summed E-state index contributed by atoms with van der Waals surface area (Å²) < 4.78 is 7.53. The predicted octanol–water partition coefficient (Wildman–Crippen LogP) is 3.23. The number of rotatable bonds is 5. The van der Waals surface area contributed by atoms with Crippen LogP contribution in [-0.2, 0) is 11.8 Å². The number of thioether (sulfide) groups is 1. The summed E-state index contributed by atoms with van der Waals surface area (Å²) in [7, 11) is 1.92. The van der Waals surface area contributed by atoms with Crippen LogP contribution >= 0.6 is 23.4 Å². The number of carbonyl (C=O) groups is 1. The van der Waals surface area contributed by atoms with E-state index >= 15 is 0 Å². The van der Waals surface area contributed by atoms with Gasteiger partial charge in [0.05, 0.1) is 5.97 Å². The Bertz CT molecular complexity index is 990. The van der Waals surface area contributed by atoms with Gasteiger partial charge in [0, 0.05) is 33.9 Å². The van der Waals surface area contributed by atoms with Gasteiger partial charge in [0.1, 0.15) is 0 Å². The molecule has 0 aliphatic carbocycles. The Morgan fingerprint density at radius 2 is 1.96 bits per heavy atom. The van der Waals surface area contributed by atoms with E-state index in [1.165, 1.54) is 0 Å². The summed E-state index contributed by atoms with van der Waals surface area (Å²) in [6.45, 7) is 3.87. The fraction of sp³-hybridized carbons (Fsp3) is 0.167. The number of aliphatic carboxylic acids is 1. The summed E-state index contributed by atoms with van der Waals surface area (Å²) in [5.41, 5.74) is 3.48. The Balaban J connectivity index is 1.87. The van der Waals surface area contributed by atoms with Gasteiger partial charge in [-0.3, -0.25) is 0 Å². The van der Waals surface area contributed by atoms with Crippen LogP contribution in [0, 0.1) is 13.8 Å². The zero-order valence-corrected chi connectivity index (χ0v) is 15.9. The fourth-order valence-corrected chi connectivity index (χ4v) is 3.14. The fourth-order valence-electron chi connectivity index (χ4n) is 2.36. The summed E-state index contributed by atoms with van der Waals surface area (Å²) in [5.74, 6) is -1.02. The van der Waals surface area contributed by atoms with Crippen molar-refractivity contribution in [2.45, 2.75) is 19.1 Å².